The van der Waals surface area contributed by atoms with Gasteiger partial charge in [0, 0.05) is 11.8 Å². The Hall–Kier alpha value is -2.86. The van der Waals surface area contributed by atoms with Crippen LogP contribution in [0.25, 0.3) is 6.08 Å². The second-order valence-electron chi connectivity index (χ2n) is 13.6. The Kier molecular flexibility index (Phi) is 9.60. The molecule has 1 aromatic rings. The van der Waals surface area contributed by atoms with E-state index in [4.69, 9.17) is 0 Å². The van der Waals surface area contributed by atoms with Crippen molar-refractivity contribution < 1.29 is 0 Å². The van der Waals surface area contributed by atoms with Gasteiger partial charge in [-0.15, -0.1) is 0 Å². The number of rotatable bonds is 8. The van der Waals surface area contributed by atoms with E-state index in [-0.39, 0.29) is 11.3 Å². The van der Waals surface area contributed by atoms with Crippen molar-refractivity contribution in [2.24, 2.45) is 23.2 Å². The molecular formula is C40H52. The van der Waals surface area contributed by atoms with E-state index in [0.717, 1.165) is 17.4 Å². The van der Waals surface area contributed by atoms with Gasteiger partial charge in [-0.1, -0.05) is 113 Å². The first-order chi connectivity index (χ1) is 19.0. The molecule has 0 aliphatic heterocycles. The second kappa shape index (κ2) is 12.8. The van der Waals surface area contributed by atoms with Crippen molar-refractivity contribution in [1.82, 2.24) is 0 Å². The number of allylic oxidation sites excluding steroid dienone is 12. The maximum Gasteiger partial charge on any atom is 0.0272 e. The highest BCUT2D eigenvalue weighted by Gasteiger charge is 2.36. The minimum Gasteiger partial charge on any atom is -0.0992 e. The lowest BCUT2D eigenvalue weighted by Gasteiger charge is -2.33. The van der Waals surface area contributed by atoms with Crippen LogP contribution in [-0.4, -0.2) is 0 Å². The number of fused-ring (bicyclic) bond motifs is 1. The zero-order valence-corrected chi connectivity index (χ0v) is 26.1. The maximum atomic E-state index is 4.58. The van der Waals surface area contributed by atoms with Crippen molar-refractivity contribution >= 4 is 6.08 Å². The summed E-state index contributed by atoms with van der Waals surface area (Å²) >= 11 is 0. The largest absolute Gasteiger partial charge is 0.0992 e. The molecular weight excluding hydrogens is 480 g/mol. The topological polar surface area (TPSA) is 0 Å². The third-order valence-electron chi connectivity index (χ3n) is 9.90. The Morgan fingerprint density at radius 2 is 1.70 bits per heavy atom. The molecule has 2 saturated carbocycles. The van der Waals surface area contributed by atoms with Gasteiger partial charge in [0.25, 0.3) is 0 Å². The molecule has 0 N–H and O–H groups in total. The Morgan fingerprint density at radius 1 is 0.975 bits per heavy atom. The van der Waals surface area contributed by atoms with E-state index in [1.807, 2.05) is 0 Å². The lowest BCUT2D eigenvalue weighted by Crippen LogP contribution is -2.21. The van der Waals surface area contributed by atoms with Crippen molar-refractivity contribution in [3.05, 3.63) is 125 Å². The molecule has 0 heteroatoms. The predicted octanol–water partition coefficient (Wildman–Crippen LogP) is 11.8. The zero-order valence-electron chi connectivity index (χ0n) is 26.1. The van der Waals surface area contributed by atoms with Gasteiger partial charge in [0.1, 0.15) is 0 Å². The molecule has 0 nitrogen and oxygen atoms in total. The summed E-state index contributed by atoms with van der Waals surface area (Å²) in [5.74, 6) is 3.01. The molecule has 0 aromatic heterocycles. The third kappa shape index (κ3) is 6.71. The molecule has 3 aliphatic rings. The van der Waals surface area contributed by atoms with E-state index >= 15 is 0 Å². The fourth-order valence-corrected chi connectivity index (χ4v) is 7.32. The summed E-state index contributed by atoms with van der Waals surface area (Å²) in [4.78, 5) is 0. The normalized spacial score (nSPS) is 27.6. The maximum absolute atomic E-state index is 4.58. The van der Waals surface area contributed by atoms with Gasteiger partial charge in [0.05, 0.1) is 0 Å². The van der Waals surface area contributed by atoms with Gasteiger partial charge in [0.2, 0.25) is 0 Å². The molecule has 212 valence electrons. The molecule has 3 atom stereocenters. The van der Waals surface area contributed by atoms with Crippen LogP contribution >= 0.6 is 0 Å². The number of hydrogen-bond donors (Lipinski definition) is 0. The molecule has 0 amide bonds. The third-order valence-corrected chi connectivity index (χ3v) is 9.90. The van der Waals surface area contributed by atoms with Crippen molar-refractivity contribution in [3.63, 3.8) is 0 Å². The van der Waals surface area contributed by atoms with Crippen LogP contribution in [0.15, 0.2) is 108 Å². The van der Waals surface area contributed by atoms with Gasteiger partial charge in [0.15, 0.2) is 0 Å². The highest BCUT2D eigenvalue weighted by molar-refractivity contribution is 5.67. The number of hydrogen-bond acceptors (Lipinski definition) is 0. The molecule has 0 heterocycles. The van der Waals surface area contributed by atoms with Crippen molar-refractivity contribution in [2.75, 3.05) is 0 Å². The monoisotopic (exact) mass is 532 g/mol. The fourth-order valence-electron chi connectivity index (χ4n) is 7.32. The summed E-state index contributed by atoms with van der Waals surface area (Å²) in [7, 11) is 0. The summed E-state index contributed by atoms with van der Waals surface area (Å²) < 4.78 is 0. The average Bonchev–Trinajstić information content (AvgIpc) is 3.54. The first-order valence-corrected chi connectivity index (χ1v) is 15.6. The molecule has 0 radical (unpaired) electrons. The predicted molar refractivity (Wildman–Crippen MR) is 177 cm³/mol. The van der Waals surface area contributed by atoms with Crippen LogP contribution in [-0.2, 0) is 0 Å². The minimum atomic E-state index is 0.141. The molecule has 3 unspecified atom stereocenters. The van der Waals surface area contributed by atoms with Crippen LogP contribution in [0.2, 0.25) is 0 Å². The molecule has 40 heavy (non-hydrogen) atoms. The zero-order chi connectivity index (χ0) is 29.0. The number of benzene rings is 1. The van der Waals surface area contributed by atoms with E-state index in [1.165, 1.54) is 77.5 Å². The van der Waals surface area contributed by atoms with Crippen molar-refractivity contribution in [3.8, 4) is 0 Å². The minimum absolute atomic E-state index is 0.141. The van der Waals surface area contributed by atoms with Crippen LogP contribution in [0.3, 0.4) is 0 Å². The second-order valence-corrected chi connectivity index (χ2v) is 13.6. The summed E-state index contributed by atoms with van der Waals surface area (Å²) in [5, 5.41) is 0. The highest BCUT2D eigenvalue weighted by atomic mass is 14.4. The Labute approximate surface area is 245 Å². The van der Waals surface area contributed by atoms with Crippen LogP contribution in [0.4, 0.5) is 0 Å². The summed E-state index contributed by atoms with van der Waals surface area (Å²) in [6.07, 6.45) is 25.4. The summed E-state index contributed by atoms with van der Waals surface area (Å²) in [6.45, 7) is 26.7. The van der Waals surface area contributed by atoms with Crippen LogP contribution in [0, 0.1) is 23.2 Å². The van der Waals surface area contributed by atoms with E-state index in [1.54, 1.807) is 0 Å². The first-order valence-electron chi connectivity index (χ1n) is 15.6. The smallest absolute Gasteiger partial charge is 0.0272 e. The molecule has 4 rings (SSSR count). The lowest BCUT2D eigenvalue weighted by atomic mass is 9.72. The molecule has 1 aromatic carbocycles. The van der Waals surface area contributed by atoms with Crippen LogP contribution in [0.1, 0.15) is 109 Å². The Morgan fingerprint density at radius 3 is 2.35 bits per heavy atom. The van der Waals surface area contributed by atoms with Gasteiger partial charge in [-0.2, -0.15) is 0 Å². The summed E-state index contributed by atoms with van der Waals surface area (Å²) in [5.41, 5.74) is 11.0. The van der Waals surface area contributed by atoms with Crippen molar-refractivity contribution in [2.45, 2.75) is 91.9 Å². The van der Waals surface area contributed by atoms with Crippen LogP contribution < -0.4 is 0 Å². The molecule has 0 bridgehead atoms. The molecule has 2 fully saturated rings. The Bertz CT molecular complexity index is 1270. The molecule has 0 spiro atoms. The summed E-state index contributed by atoms with van der Waals surface area (Å²) in [6, 6.07) is 7.17. The Balaban J connectivity index is 1.38. The average molecular weight is 533 g/mol. The standard InChI is InChI=1S/C40H52/c1-10-12-13-27(3)30(6)31-15-17-32(18-16-31)35-24-29(5)39(26-35)34-20-23-38-33(25-34)19-22-37(38)28(4)14-21-36(11-2)40(7,8)9/h10-14,19-23,25,31-32,35,37,39H,4-6,15-18,24,26H2,1-3,7-9H3. The van der Waals surface area contributed by atoms with E-state index in [0.29, 0.717) is 11.8 Å². The van der Waals surface area contributed by atoms with Gasteiger partial charge >= 0.3 is 0 Å². The van der Waals surface area contributed by atoms with E-state index in [9.17, 15) is 0 Å². The van der Waals surface area contributed by atoms with E-state index in [2.05, 4.69) is 128 Å². The van der Waals surface area contributed by atoms with Crippen LogP contribution in [0.5, 0.6) is 0 Å². The van der Waals surface area contributed by atoms with Gasteiger partial charge in [-0.05, 0) is 121 Å². The van der Waals surface area contributed by atoms with Crippen molar-refractivity contribution in [1.29, 1.82) is 0 Å². The van der Waals surface area contributed by atoms with Gasteiger partial charge < -0.3 is 0 Å². The SMILES string of the molecule is C=C(C(C)=CC=CC)C1CCC(C2CC(=C)C(c3ccc4c(c3)C=CC4C(=C)C=CC(=CC)C(C)(C)C)C2)CC1. The molecule has 0 saturated heterocycles. The highest BCUT2D eigenvalue weighted by Crippen LogP contribution is 2.50. The quantitative estimate of drug-likeness (QED) is 0.231. The fraction of sp³-hybridized carbons (Fsp3) is 0.450. The van der Waals surface area contributed by atoms with Gasteiger partial charge in [-0.3, -0.25) is 0 Å². The lowest BCUT2D eigenvalue weighted by molar-refractivity contribution is 0.222. The molecule has 3 aliphatic carbocycles. The first kappa shape index (κ1) is 30.1. The van der Waals surface area contributed by atoms with E-state index < -0.39 is 0 Å². The van der Waals surface area contributed by atoms with Gasteiger partial charge in [-0.25, -0.2) is 0 Å².